The SMILES string of the molecule is Cc1cc(C(=O)N2C[C@H](c3ccccc3)[C@H]3CCC[C@@H]32)no1. The molecule has 2 aromatic rings. The summed E-state index contributed by atoms with van der Waals surface area (Å²) >= 11 is 0. The molecule has 1 saturated heterocycles. The van der Waals surface area contributed by atoms with E-state index in [2.05, 4.69) is 29.4 Å². The molecule has 4 heteroatoms. The molecule has 2 heterocycles. The summed E-state index contributed by atoms with van der Waals surface area (Å²) in [4.78, 5) is 14.8. The van der Waals surface area contributed by atoms with Crippen LogP contribution in [0.1, 0.15) is 47.0 Å². The highest BCUT2D eigenvalue weighted by Gasteiger charge is 2.47. The van der Waals surface area contributed by atoms with Crippen LogP contribution in [0.5, 0.6) is 0 Å². The molecule has 0 spiro atoms. The molecule has 1 aliphatic carbocycles. The zero-order valence-corrected chi connectivity index (χ0v) is 12.7. The van der Waals surface area contributed by atoms with E-state index in [4.69, 9.17) is 4.52 Å². The third-order valence-electron chi connectivity index (χ3n) is 5.18. The number of rotatable bonds is 2. The van der Waals surface area contributed by atoms with Crippen molar-refractivity contribution < 1.29 is 9.32 Å². The Hall–Kier alpha value is -2.10. The Kier molecular flexibility index (Phi) is 3.25. The van der Waals surface area contributed by atoms with Gasteiger partial charge in [-0.1, -0.05) is 41.9 Å². The van der Waals surface area contributed by atoms with E-state index in [1.165, 1.54) is 18.4 Å². The molecular formula is C18H20N2O2. The maximum Gasteiger partial charge on any atom is 0.276 e. The van der Waals surface area contributed by atoms with Crippen LogP contribution in [0.25, 0.3) is 0 Å². The maximum absolute atomic E-state index is 12.8. The Morgan fingerprint density at radius 3 is 2.82 bits per heavy atom. The van der Waals surface area contributed by atoms with Gasteiger partial charge in [0, 0.05) is 24.6 Å². The third kappa shape index (κ3) is 2.14. The number of carbonyl (C=O) groups is 1. The van der Waals surface area contributed by atoms with Gasteiger partial charge in [0.25, 0.3) is 5.91 Å². The number of nitrogens with zero attached hydrogens (tertiary/aromatic N) is 2. The van der Waals surface area contributed by atoms with Gasteiger partial charge in [0.1, 0.15) is 5.76 Å². The van der Waals surface area contributed by atoms with Crippen molar-refractivity contribution >= 4 is 5.91 Å². The van der Waals surface area contributed by atoms with Gasteiger partial charge < -0.3 is 9.42 Å². The van der Waals surface area contributed by atoms with Gasteiger partial charge in [0.05, 0.1) is 0 Å². The number of benzene rings is 1. The largest absolute Gasteiger partial charge is 0.361 e. The van der Waals surface area contributed by atoms with Crippen molar-refractivity contribution in [2.24, 2.45) is 5.92 Å². The van der Waals surface area contributed by atoms with Gasteiger partial charge in [0.15, 0.2) is 5.69 Å². The number of aryl methyl sites for hydroxylation is 1. The molecular weight excluding hydrogens is 276 g/mol. The molecule has 1 saturated carbocycles. The zero-order valence-electron chi connectivity index (χ0n) is 12.7. The van der Waals surface area contributed by atoms with E-state index in [1.807, 2.05) is 17.9 Å². The summed E-state index contributed by atoms with van der Waals surface area (Å²) in [5, 5.41) is 3.91. The Morgan fingerprint density at radius 1 is 1.27 bits per heavy atom. The van der Waals surface area contributed by atoms with Gasteiger partial charge in [0.2, 0.25) is 0 Å². The molecule has 2 fully saturated rings. The molecule has 22 heavy (non-hydrogen) atoms. The highest BCUT2D eigenvalue weighted by Crippen LogP contribution is 2.46. The van der Waals surface area contributed by atoms with Crippen molar-refractivity contribution in [3.05, 3.63) is 53.4 Å². The molecule has 114 valence electrons. The van der Waals surface area contributed by atoms with Crippen molar-refractivity contribution in [1.82, 2.24) is 10.1 Å². The summed E-state index contributed by atoms with van der Waals surface area (Å²) in [6, 6.07) is 12.7. The van der Waals surface area contributed by atoms with E-state index in [0.29, 0.717) is 29.3 Å². The fourth-order valence-corrected chi connectivity index (χ4v) is 4.21. The molecule has 0 radical (unpaired) electrons. The molecule has 0 unspecified atom stereocenters. The lowest BCUT2D eigenvalue weighted by Crippen LogP contribution is -2.36. The number of hydrogen-bond acceptors (Lipinski definition) is 3. The second-order valence-electron chi connectivity index (χ2n) is 6.46. The number of likely N-dealkylation sites (tertiary alicyclic amines) is 1. The molecule has 3 atom stereocenters. The third-order valence-corrected chi connectivity index (χ3v) is 5.18. The minimum atomic E-state index is 0.0205. The van der Waals surface area contributed by atoms with Crippen molar-refractivity contribution in [3.8, 4) is 0 Å². The lowest BCUT2D eigenvalue weighted by Gasteiger charge is -2.22. The summed E-state index contributed by atoms with van der Waals surface area (Å²) in [6.07, 6.45) is 3.53. The highest BCUT2D eigenvalue weighted by atomic mass is 16.5. The minimum absolute atomic E-state index is 0.0205. The molecule has 4 nitrogen and oxygen atoms in total. The molecule has 1 aromatic heterocycles. The Morgan fingerprint density at radius 2 is 2.09 bits per heavy atom. The topological polar surface area (TPSA) is 46.3 Å². The zero-order chi connectivity index (χ0) is 15.1. The van der Waals surface area contributed by atoms with Crippen molar-refractivity contribution in [2.45, 2.75) is 38.1 Å². The maximum atomic E-state index is 12.8. The van der Waals surface area contributed by atoms with Gasteiger partial charge in [-0.25, -0.2) is 0 Å². The fourth-order valence-electron chi connectivity index (χ4n) is 4.21. The Labute approximate surface area is 130 Å². The van der Waals surface area contributed by atoms with Gasteiger partial charge in [-0.2, -0.15) is 0 Å². The van der Waals surface area contributed by atoms with Crippen molar-refractivity contribution in [1.29, 1.82) is 0 Å². The predicted octanol–water partition coefficient (Wildman–Crippen LogP) is 3.39. The first-order valence-electron chi connectivity index (χ1n) is 8.03. The quantitative estimate of drug-likeness (QED) is 0.853. The van der Waals surface area contributed by atoms with Crippen LogP contribution in [0, 0.1) is 12.8 Å². The standard InChI is InChI=1S/C18H20N2O2/c1-12-10-16(19-22-12)18(21)20-11-15(13-6-3-2-4-7-13)14-8-5-9-17(14)20/h2-4,6-7,10,14-15,17H,5,8-9,11H2,1H3/t14-,15-,17+/m1/s1. The summed E-state index contributed by atoms with van der Waals surface area (Å²) in [5.74, 6) is 1.74. The van der Waals surface area contributed by atoms with Crippen LogP contribution < -0.4 is 0 Å². The second-order valence-corrected chi connectivity index (χ2v) is 6.46. The van der Waals surface area contributed by atoms with Gasteiger partial charge in [-0.15, -0.1) is 0 Å². The Bertz CT molecular complexity index is 679. The summed E-state index contributed by atoms with van der Waals surface area (Å²) < 4.78 is 5.07. The fraction of sp³-hybridized carbons (Fsp3) is 0.444. The number of fused-ring (bicyclic) bond motifs is 1. The molecule has 1 amide bonds. The first-order chi connectivity index (χ1) is 10.7. The monoisotopic (exact) mass is 296 g/mol. The van der Waals surface area contributed by atoms with E-state index in [0.717, 1.165) is 13.0 Å². The van der Waals surface area contributed by atoms with E-state index in [1.54, 1.807) is 6.07 Å². The second kappa shape index (κ2) is 5.27. The smallest absolute Gasteiger partial charge is 0.276 e. The average molecular weight is 296 g/mol. The average Bonchev–Trinajstić information content (AvgIpc) is 3.23. The van der Waals surface area contributed by atoms with Crippen LogP contribution in [0.4, 0.5) is 0 Å². The first-order valence-corrected chi connectivity index (χ1v) is 8.03. The van der Waals surface area contributed by atoms with Gasteiger partial charge in [-0.3, -0.25) is 4.79 Å². The first kappa shape index (κ1) is 13.6. The lowest BCUT2D eigenvalue weighted by molar-refractivity contribution is 0.0717. The summed E-state index contributed by atoms with van der Waals surface area (Å²) in [5.41, 5.74) is 1.79. The lowest BCUT2D eigenvalue weighted by atomic mass is 9.87. The molecule has 1 aliphatic heterocycles. The number of amides is 1. The van der Waals surface area contributed by atoms with Gasteiger partial charge >= 0.3 is 0 Å². The van der Waals surface area contributed by atoms with E-state index in [-0.39, 0.29) is 5.91 Å². The van der Waals surface area contributed by atoms with Crippen molar-refractivity contribution in [3.63, 3.8) is 0 Å². The predicted molar refractivity (Wildman–Crippen MR) is 82.6 cm³/mol. The van der Waals surface area contributed by atoms with Crippen LogP contribution in [0.15, 0.2) is 40.9 Å². The van der Waals surface area contributed by atoms with E-state index >= 15 is 0 Å². The van der Waals surface area contributed by atoms with Gasteiger partial charge in [-0.05, 0) is 31.2 Å². The summed E-state index contributed by atoms with van der Waals surface area (Å²) in [6.45, 7) is 2.61. The van der Waals surface area contributed by atoms with Crippen LogP contribution in [0.3, 0.4) is 0 Å². The minimum Gasteiger partial charge on any atom is -0.361 e. The molecule has 2 aliphatic rings. The van der Waals surface area contributed by atoms with Crippen LogP contribution in [-0.2, 0) is 0 Å². The number of carbonyl (C=O) groups excluding carboxylic acids is 1. The molecule has 1 aromatic carbocycles. The van der Waals surface area contributed by atoms with Crippen LogP contribution in [-0.4, -0.2) is 28.6 Å². The molecule has 0 N–H and O–H groups in total. The van der Waals surface area contributed by atoms with Crippen molar-refractivity contribution in [2.75, 3.05) is 6.54 Å². The summed E-state index contributed by atoms with van der Waals surface area (Å²) in [7, 11) is 0. The number of aromatic nitrogens is 1. The highest BCUT2D eigenvalue weighted by molar-refractivity contribution is 5.92. The van der Waals surface area contributed by atoms with E-state index in [9.17, 15) is 4.79 Å². The van der Waals surface area contributed by atoms with Crippen LogP contribution >= 0.6 is 0 Å². The normalized spacial score (nSPS) is 27.1. The Balaban J connectivity index is 1.63. The van der Waals surface area contributed by atoms with E-state index < -0.39 is 0 Å². The number of hydrogen-bond donors (Lipinski definition) is 0. The van der Waals surface area contributed by atoms with Crippen LogP contribution in [0.2, 0.25) is 0 Å². The molecule has 0 bridgehead atoms. The molecule has 4 rings (SSSR count).